The second kappa shape index (κ2) is 8.37. The van der Waals surface area contributed by atoms with Gasteiger partial charge >= 0.3 is 0 Å². The molecule has 1 saturated heterocycles. The highest BCUT2D eigenvalue weighted by molar-refractivity contribution is 6.48. The van der Waals surface area contributed by atoms with Gasteiger partial charge in [-0.15, -0.1) is 0 Å². The van der Waals surface area contributed by atoms with Crippen LogP contribution >= 0.6 is 34.8 Å². The molecule has 2 aromatic rings. The smallest absolute Gasteiger partial charge is 0.157 e. The molecule has 0 amide bonds. The zero-order valence-corrected chi connectivity index (χ0v) is 17.2. The zero-order chi connectivity index (χ0) is 19.6. The summed E-state index contributed by atoms with van der Waals surface area (Å²) in [5.74, 6) is 0.102. The molecule has 0 saturated carbocycles. The van der Waals surface area contributed by atoms with Gasteiger partial charge in [0.1, 0.15) is 18.4 Å². The Labute approximate surface area is 172 Å². The van der Waals surface area contributed by atoms with Crippen LogP contribution in [0.3, 0.4) is 0 Å². The average molecular weight is 433 g/mol. The molecule has 0 spiro atoms. The van der Waals surface area contributed by atoms with E-state index in [4.69, 9.17) is 44.3 Å². The quantitative estimate of drug-likeness (QED) is 0.532. The maximum atomic E-state index is 11.1. The summed E-state index contributed by atoms with van der Waals surface area (Å²) in [7, 11) is 0. The van der Waals surface area contributed by atoms with Gasteiger partial charge in [0.15, 0.2) is 6.29 Å². The first-order valence-electron chi connectivity index (χ1n) is 8.49. The topological polar surface area (TPSA) is 69.4 Å². The summed E-state index contributed by atoms with van der Waals surface area (Å²) in [6.45, 7) is 4.51. The Hall–Kier alpha value is -1.31. The number of aromatic nitrogens is 3. The molecule has 1 N–H and O–H groups in total. The lowest BCUT2D eigenvalue weighted by molar-refractivity contribution is -0.222. The highest BCUT2D eigenvalue weighted by Gasteiger charge is 2.38. The Bertz CT molecular complexity index is 832. The van der Waals surface area contributed by atoms with Crippen LogP contribution in [0.25, 0.3) is 5.70 Å². The van der Waals surface area contributed by atoms with E-state index < -0.39 is 5.41 Å². The van der Waals surface area contributed by atoms with E-state index >= 15 is 0 Å². The van der Waals surface area contributed by atoms with Gasteiger partial charge < -0.3 is 14.6 Å². The Balaban J connectivity index is 1.99. The molecule has 1 aromatic heterocycles. The number of nitrogens with zero attached hydrogens (tertiary/aromatic N) is 3. The molecule has 9 heteroatoms. The van der Waals surface area contributed by atoms with Crippen molar-refractivity contribution in [3.05, 3.63) is 51.2 Å². The van der Waals surface area contributed by atoms with Gasteiger partial charge in [0, 0.05) is 6.42 Å². The molecule has 0 unspecified atom stereocenters. The predicted molar refractivity (Wildman–Crippen MR) is 105 cm³/mol. The third-order valence-electron chi connectivity index (χ3n) is 4.52. The minimum absolute atomic E-state index is 0.102. The van der Waals surface area contributed by atoms with E-state index in [0.29, 0.717) is 34.5 Å². The number of halogens is 3. The highest BCUT2D eigenvalue weighted by Crippen LogP contribution is 2.38. The van der Waals surface area contributed by atoms with Crippen molar-refractivity contribution >= 4 is 40.5 Å². The van der Waals surface area contributed by atoms with Gasteiger partial charge in [-0.05, 0) is 25.0 Å². The van der Waals surface area contributed by atoms with E-state index in [1.54, 1.807) is 12.1 Å². The normalized spacial score (nSPS) is 24.0. The molecule has 2 heterocycles. The van der Waals surface area contributed by atoms with Crippen molar-refractivity contribution in [2.75, 3.05) is 13.2 Å². The van der Waals surface area contributed by atoms with Crippen molar-refractivity contribution in [3.8, 4) is 0 Å². The molecule has 1 fully saturated rings. The van der Waals surface area contributed by atoms with E-state index in [1.165, 1.54) is 17.3 Å². The van der Waals surface area contributed by atoms with Gasteiger partial charge in [0.2, 0.25) is 0 Å². The van der Waals surface area contributed by atoms with Crippen molar-refractivity contribution in [3.63, 3.8) is 0 Å². The molecule has 0 radical (unpaired) electrons. The van der Waals surface area contributed by atoms with Crippen LogP contribution in [0, 0.1) is 5.41 Å². The number of hydrogen-bond donors (Lipinski definition) is 1. The van der Waals surface area contributed by atoms with Crippen molar-refractivity contribution in [1.29, 1.82) is 0 Å². The molecular weight excluding hydrogens is 413 g/mol. The molecule has 3 rings (SSSR count). The molecule has 1 aliphatic rings. The second-order valence-corrected chi connectivity index (χ2v) is 7.83. The average Bonchev–Trinajstić information content (AvgIpc) is 3.20. The maximum Gasteiger partial charge on any atom is 0.157 e. The van der Waals surface area contributed by atoms with Crippen LogP contribution in [-0.2, 0) is 15.9 Å². The Morgan fingerprint density at radius 3 is 2.56 bits per heavy atom. The molecule has 1 aromatic carbocycles. The van der Waals surface area contributed by atoms with Crippen LogP contribution in [0.5, 0.6) is 0 Å². The van der Waals surface area contributed by atoms with Crippen LogP contribution in [0.1, 0.15) is 25.8 Å². The molecule has 0 atom stereocenters. The molecule has 27 heavy (non-hydrogen) atoms. The maximum absolute atomic E-state index is 11.1. The summed E-state index contributed by atoms with van der Waals surface area (Å²) in [5.41, 5.74) is 0.489. The number of rotatable bonds is 5. The fraction of sp³-hybridized carbons (Fsp3) is 0.444. The van der Waals surface area contributed by atoms with Crippen molar-refractivity contribution in [2.45, 2.75) is 33.0 Å². The van der Waals surface area contributed by atoms with Gasteiger partial charge in [-0.2, -0.15) is 5.10 Å². The van der Waals surface area contributed by atoms with Crippen LogP contribution in [0.15, 0.2) is 30.5 Å². The zero-order valence-electron chi connectivity index (χ0n) is 15.0. The van der Waals surface area contributed by atoms with Crippen LogP contribution in [0.2, 0.25) is 15.1 Å². The molecule has 146 valence electrons. The fourth-order valence-electron chi connectivity index (χ4n) is 2.87. The Morgan fingerprint density at radius 1 is 1.26 bits per heavy atom. The first-order valence-corrected chi connectivity index (χ1v) is 9.62. The molecule has 6 nitrogen and oxygen atoms in total. The van der Waals surface area contributed by atoms with Crippen molar-refractivity contribution in [1.82, 2.24) is 14.8 Å². The number of hydrogen-bond acceptors (Lipinski definition) is 5. The number of benzene rings is 1. The predicted octanol–water partition coefficient (Wildman–Crippen LogP) is 5.00. The molecular formula is C18H20Cl3N3O3. The van der Waals surface area contributed by atoms with E-state index in [1.807, 2.05) is 13.8 Å². The number of ether oxygens (including phenoxy) is 2. The lowest BCUT2D eigenvalue weighted by Crippen LogP contribution is -2.41. The van der Waals surface area contributed by atoms with Crippen molar-refractivity contribution in [2.24, 2.45) is 5.41 Å². The minimum atomic E-state index is -0.727. The van der Waals surface area contributed by atoms with Crippen molar-refractivity contribution < 1.29 is 14.6 Å². The second-order valence-electron chi connectivity index (χ2n) is 6.67. The van der Waals surface area contributed by atoms with Crippen LogP contribution in [0.4, 0.5) is 0 Å². The first kappa shape index (κ1) is 20.4. The highest BCUT2D eigenvalue weighted by atomic mass is 35.5. The van der Waals surface area contributed by atoms with Crippen LogP contribution < -0.4 is 0 Å². The van der Waals surface area contributed by atoms with Gasteiger partial charge in [-0.1, -0.05) is 47.8 Å². The first-order chi connectivity index (χ1) is 12.9. The number of aliphatic hydroxyl groups is 1. The number of allylic oxidation sites excluding steroid dienone is 1. The summed E-state index contributed by atoms with van der Waals surface area (Å²) in [6, 6.07) is 3.44. The van der Waals surface area contributed by atoms with Gasteiger partial charge in [-0.3, -0.25) is 0 Å². The lowest BCUT2D eigenvalue weighted by Gasteiger charge is -2.37. The third-order valence-corrected chi connectivity index (χ3v) is 5.86. The summed E-state index contributed by atoms with van der Waals surface area (Å²) >= 11 is 18.5. The summed E-state index contributed by atoms with van der Waals surface area (Å²) in [4.78, 5) is 3.98. The summed E-state index contributed by atoms with van der Waals surface area (Å²) in [6.07, 6.45) is 3.67. The number of aliphatic hydroxyl groups excluding tert-OH is 1. The summed E-state index contributed by atoms with van der Waals surface area (Å²) in [5, 5.41) is 16.3. The third kappa shape index (κ3) is 4.25. The minimum Gasteiger partial charge on any atom is -0.510 e. The monoisotopic (exact) mass is 431 g/mol. The van der Waals surface area contributed by atoms with Gasteiger partial charge in [-0.25, -0.2) is 9.67 Å². The van der Waals surface area contributed by atoms with Gasteiger partial charge in [0.25, 0.3) is 0 Å². The standard InChI is InChI=1S/C18H20Cl3N3O3/c1-3-14-26-7-18(2,8-27-14)17(25)13(24-10-22-9-23-24)6-11-4-5-12(19)16(21)15(11)20/h4-5,9-10,14,25H,3,6-8H2,1-2H3/b17-13+. The van der Waals surface area contributed by atoms with Crippen LogP contribution in [-0.4, -0.2) is 39.4 Å². The fourth-order valence-corrected chi connectivity index (χ4v) is 3.49. The van der Waals surface area contributed by atoms with Gasteiger partial charge in [0.05, 0.1) is 39.4 Å². The van der Waals surface area contributed by atoms with E-state index in [-0.39, 0.29) is 23.5 Å². The Morgan fingerprint density at radius 2 is 1.96 bits per heavy atom. The van der Waals surface area contributed by atoms with E-state index in [0.717, 1.165) is 6.42 Å². The molecule has 1 aliphatic heterocycles. The Kier molecular flexibility index (Phi) is 6.33. The summed E-state index contributed by atoms with van der Waals surface area (Å²) < 4.78 is 12.9. The largest absolute Gasteiger partial charge is 0.510 e. The molecule has 0 aliphatic carbocycles. The molecule has 0 bridgehead atoms. The van der Waals surface area contributed by atoms with E-state index in [2.05, 4.69) is 10.1 Å². The van der Waals surface area contributed by atoms with E-state index in [9.17, 15) is 5.11 Å². The SMILES string of the molecule is CCC1OCC(C)(/C(O)=C(/Cc2ccc(Cl)c(Cl)c2Cl)n2cncn2)CO1. The lowest BCUT2D eigenvalue weighted by atomic mass is 9.87.